The van der Waals surface area contributed by atoms with Crippen LogP contribution in [0.3, 0.4) is 0 Å². The number of aryl methyl sites for hydroxylation is 1. The van der Waals surface area contributed by atoms with Gasteiger partial charge in [-0.1, -0.05) is 18.2 Å². The van der Waals surface area contributed by atoms with Gasteiger partial charge >= 0.3 is 0 Å². The molecule has 0 fully saturated rings. The highest BCUT2D eigenvalue weighted by molar-refractivity contribution is 6.07. The quantitative estimate of drug-likeness (QED) is 0.634. The van der Waals surface area contributed by atoms with E-state index in [0.29, 0.717) is 5.56 Å². The first kappa shape index (κ1) is 11.6. The minimum atomic E-state index is 0.0699. The van der Waals surface area contributed by atoms with Crippen molar-refractivity contribution in [2.24, 2.45) is 10.7 Å². The van der Waals surface area contributed by atoms with E-state index >= 15 is 0 Å². The summed E-state index contributed by atoms with van der Waals surface area (Å²) >= 11 is 0. The molecule has 1 aliphatic heterocycles. The molecular formula is C15H14N4. The normalized spacial score (nSPS) is 13.0. The Morgan fingerprint density at radius 3 is 2.89 bits per heavy atom. The number of aromatic nitrogens is 1. The molecule has 2 aromatic rings. The predicted molar refractivity (Wildman–Crippen MR) is 76.3 cm³/mol. The van der Waals surface area contributed by atoms with E-state index in [1.54, 1.807) is 6.20 Å². The Bertz CT molecular complexity index is 701. The molecule has 0 aliphatic carbocycles. The van der Waals surface area contributed by atoms with Crippen LogP contribution in [0.25, 0.3) is 0 Å². The van der Waals surface area contributed by atoms with Gasteiger partial charge in [-0.25, -0.2) is 0 Å². The van der Waals surface area contributed by atoms with Crippen molar-refractivity contribution in [3.63, 3.8) is 0 Å². The Kier molecular flexibility index (Phi) is 2.63. The van der Waals surface area contributed by atoms with Crippen molar-refractivity contribution in [2.75, 3.05) is 0 Å². The summed E-state index contributed by atoms with van der Waals surface area (Å²) in [6, 6.07) is 9.68. The van der Waals surface area contributed by atoms with E-state index in [-0.39, 0.29) is 5.84 Å². The maximum atomic E-state index is 7.46. The third kappa shape index (κ3) is 2.01. The summed E-state index contributed by atoms with van der Waals surface area (Å²) in [6.07, 6.45) is 2.57. The third-order valence-electron chi connectivity index (χ3n) is 3.29. The molecule has 0 saturated carbocycles. The number of hydrogen-bond acceptors (Lipinski definition) is 3. The lowest BCUT2D eigenvalue weighted by atomic mass is 10.0. The lowest BCUT2D eigenvalue weighted by molar-refractivity contribution is 1.21. The van der Waals surface area contributed by atoms with Crippen molar-refractivity contribution in [1.29, 1.82) is 5.41 Å². The van der Waals surface area contributed by atoms with Gasteiger partial charge in [0.25, 0.3) is 0 Å². The molecular weight excluding hydrogens is 236 g/mol. The molecule has 0 atom stereocenters. The first-order valence-electron chi connectivity index (χ1n) is 6.12. The standard InChI is InChI=1S/C15H14N4/c1-9-3-2-6-18-14(9)13-7-10-4-5-11(15(16)17)8-12(10)19-13/h2-6,8H,7H2,1H3,(H3,16,17). The predicted octanol–water partition coefficient (Wildman–Crippen LogP) is 2.35. The van der Waals surface area contributed by atoms with Gasteiger partial charge in [0.1, 0.15) is 5.84 Å². The van der Waals surface area contributed by atoms with Gasteiger partial charge in [-0.05, 0) is 30.2 Å². The van der Waals surface area contributed by atoms with Gasteiger partial charge in [0.05, 0.1) is 17.1 Å². The van der Waals surface area contributed by atoms with E-state index in [1.807, 2.05) is 37.3 Å². The molecule has 1 aliphatic rings. The fourth-order valence-corrected chi connectivity index (χ4v) is 2.27. The average Bonchev–Trinajstić information content (AvgIpc) is 2.81. The summed E-state index contributed by atoms with van der Waals surface area (Å²) in [5.41, 5.74) is 11.3. The lowest BCUT2D eigenvalue weighted by Crippen LogP contribution is -2.10. The van der Waals surface area contributed by atoms with E-state index in [4.69, 9.17) is 11.1 Å². The van der Waals surface area contributed by atoms with Gasteiger partial charge < -0.3 is 5.73 Å². The van der Waals surface area contributed by atoms with Gasteiger partial charge in [-0.3, -0.25) is 15.4 Å². The molecule has 0 unspecified atom stereocenters. The molecule has 4 heteroatoms. The molecule has 0 bridgehead atoms. The lowest BCUT2D eigenvalue weighted by Gasteiger charge is -2.02. The van der Waals surface area contributed by atoms with E-state index in [1.165, 1.54) is 0 Å². The number of hydrogen-bond donors (Lipinski definition) is 2. The van der Waals surface area contributed by atoms with E-state index in [9.17, 15) is 0 Å². The Hall–Kier alpha value is -2.49. The second-order valence-electron chi connectivity index (χ2n) is 4.66. The molecule has 3 N–H and O–H groups in total. The molecule has 0 radical (unpaired) electrons. The van der Waals surface area contributed by atoms with E-state index < -0.39 is 0 Å². The maximum absolute atomic E-state index is 7.46. The Labute approximate surface area is 111 Å². The fraction of sp³-hybridized carbons (Fsp3) is 0.133. The third-order valence-corrected chi connectivity index (χ3v) is 3.29. The molecule has 1 aromatic carbocycles. The fourth-order valence-electron chi connectivity index (χ4n) is 2.27. The summed E-state index contributed by atoms with van der Waals surface area (Å²) in [7, 11) is 0. The van der Waals surface area contributed by atoms with Gasteiger partial charge in [-0.15, -0.1) is 0 Å². The second kappa shape index (κ2) is 4.31. The van der Waals surface area contributed by atoms with Crippen molar-refractivity contribution in [1.82, 2.24) is 4.98 Å². The minimum absolute atomic E-state index is 0.0699. The number of nitrogens with one attached hydrogen (secondary N) is 1. The summed E-state index contributed by atoms with van der Waals surface area (Å²) in [5, 5.41) is 7.46. The highest BCUT2D eigenvalue weighted by Gasteiger charge is 2.18. The minimum Gasteiger partial charge on any atom is -0.384 e. The van der Waals surface area contributed by atoms with Gasteiger partial charge in [0.15, 0.2) is 0 Å². The van der Waals surface area contributed by atoms with Crippen LogP contribution in [0.15, 0.2) is 41.5 Å². The molecule has 4 nitrogen and oxygen atoms in total. The smallest absolute Gasteiger partial charge is 0.122 e. The largest absolute Gasteiger partial charge is 0.384 e. The molecule has 1 aromatic heterocycles. The number of nitrogens with two attached hydrogens (primary N) is 1. The van der Waals surface area contributed by atoms with Crippen LogP contribution in [-0.4, -0.2) is 16.5 Å². The molecule has 2 heterocycles. The number of amidine groups is 1. The SMILES string of the molecule is Cc1cccnc1C1=Nc2cc(C(=N)N)ccc2C1. The first-order chi connectivity index (χ1) is 9.15. The van der Waals surface area contributed by atoms with E-state index in [2.05, 4.69) is 9.98 Å². The average molecular weight is 250 g/mol. The van der Waals surface area contributed by atoms with Crippen molar-refractivity contribution in [3.05, 3.63) is 58.9 Å². The van der Waals surface area contributed by atoms with Crippen molar-refractivity contribution in [2.45, 2.75) is 13.3 Å². The summed E-state index contributed by atoms with van der Waals surface area (Å²) in [6.45, 7) is 2.04. The van der Waals surface area contributed by atoms with E-state index in [0.717, 1.165) is 34.6 Å². The molecule has 19 heavy (non-hydrogen) atoms. The molecule has 0 saturated heterocycles. The molecule has 3 rings (SSSR count). The monoisotopic (exact) mass is 250 g/mol. The Balaban J connectivity index is 2.03. The Morgan fingerprint density at radius 2 is 2.16 bits per heavy atom. The number of rotatable bonds is 2. The molecule has 94 valence electrons. The molecule has 0 amide bonds. The number of benzene rings is 1. The molecule has 0 spiro atoms. The second-order valence-corrected chi connectivity index (χ2v) is 4.66. The summed E-state index contributed by atoms with van der Waals surface area (Å²) < 4.78 is 0. The van der Waals surface area contributed by atoms with Crippen molar-refractivity contribution in [3.8, 4) is 0 Å². The number of nitrogen functional groups attached to an aromatic ring is 1. The van der Waals surface area contributed by atoms with Crippen LogP contribution in [0.1, 0.15) is 22.4 Å². The highest BCUT2D eigenvalue weighted by Crippen LogP contribution is 2.29. The topological polar surface area (TPSA) is 75.1 Å². The maximum Gasteiger partial charge on any atom is 0.122 e. The zero-order valence-corrected chi connectivity index (χ0v) is 10.6. The zero-order chi connectivity index (χ0) is 13.4. The van der Waals surface area contributed by atoms with Crippen LogP contribution in [-0.2, 0) is 6.42 Å². The number of fused-ring (bicyclic) bond motifs is 1. The van der Waals surface area contributed by atoms with Gasteiger partial charge in [0, 0.05) is 18.2 Å². The van der Waals surface area contributed by atoms with Crippen molar-refractivity contribution < 1.29 is 0 Å². The Morgan fingerprint density at radius 1 is 1.32 bits per heavy atom. The van der Waals surface area contributed by atoms with Crippen LogP contribution in [0.4, 0.5) is 5.69 Å². The number of nitrogens with zero attached hydrogens (tertiary/aromatic N) is 2. The summed E-state index contributed by atoms with van der Waals surface area (Å²) in [5.74, 6) is 0.0699. The number of aliphatic imine (C=N–C) groups is 1. The summed E-state index contributed by atoms with van der Waals surface area (Å²) in [4.78, 5) is 9.03. The van der Waals surface area contributed by atoms with Crippen LogP contribution < -0.4 is 5.73 Å². The highest BCUT2D eigenvalue weighted by atomic mass is 14.8. The number of pyridine rings is 1. The van der Waals surface area contributed by atoms with Gasteiger partial charge in [-0.2, -0.15) is 0 Å². The van der Waals surface area contributed by atoms with Crippen LogP contribution in [0, 0.1) is 12.3 Å². The first-order valence-corrected chi connectivity index (χ1v) is 6.12. The van der Waals surface area contributed by atoms with Crippen LogP contribution >= 0.6 is 0 Å². The van der Waals surface area contributed by atoms with Crippen molar-refractivity contribution >= 4 is 17.2 Å². The van der Waals surface area contributed by atoms with Crippen LogP contribution in [0.5, 0.6) is 0 Å². The zero-order valence-electron chi connectivity index (χ0n) is 10.6. The van der Waals surface area contributed by atoms with Crippen LogP contribution in [0.2, 0.25) is 0 Å². The van der Waals surface area contributed by atoms with Gasteiger partial charge in [0.2, 0.25) is 0 Å².